The van der Waals surface area contributed by atoms with E-state index in [-0.39, 0.29) is 22.9 Å². The summed E-state index contributed by atoms with van der Waals surface area (Å²) in [4.78, 5) is 36.4. The SMILES string of the molecule is COc1ccc(COC(=S)C2=C(c3nc(-c4ccncc4)cs3)CS[C@@H]3[C@H](NC(=O)OC(C)(C)C)C(=O)N23)cc1. The number of β-lactam (4-membered cyclic amide) rings is 1. The number of carbonyl (C=O) groups is 2. The van der Waals surface area contributed by atoms with Gasteiger partial charge in [-0.3, -0.25) is 14.7 Å². The van der Waals surface area contributed by atoms with Crippen molar-refractivity contribution in [3.05, 3.63) is 70.4 Å². The molecule has 5 rings (SSSR count). The molecule has 2 aliphatic rings. The number of alkyl carbamates (subject to hydrolysis) is 1. The highest BCUT2D eigenvalue weighted by atomic mass is 32.2. The molecule has 2 aromatic heterocycles. The van der Waals surface area contributed by atoms with Gasteiger partial charge in [0.05, 0.1) is 12.8 Å². The molecule has 0 bridgehead atoms. The van der Waals surface area contributed by atoms with Crippen molar-refractivity contribution in [1.82, 2.24) is 20.2 Å². The Morgan fingerprint density at radius 1 is 1.18 bits per heavy atom. The Kier molecular flexibility index (Phi) is 8.11. The molecule has 2 atom stereocenters. The Bertz CT molecular complexity index is 1450. The minimum atomic E-state index is -0.732. The van der Waals surface area contributed by atoms with Crippen molar-refractivity contribution < 1.29 is 23.8 Å². The number of hydrogen-bond donors (Lipinski definition) is 1. The standard InChI is InChI=1S/C28H28N4O5S3/c1-28(2,3)37-27(34)31-21-24(33)32-22(26(38)36-13-16-5-7-18(35-4)8-6-16)19(14-40-25(21)32)23-30-20(15-39-23)17-9-11-29-12-10-17/h5-12,15,21,25H,13-14H2,1-4H3,(H,31,34)/t21-,25-/m1/s1. The lowest BCUT2D eigenvalue weighted by molar-refractivity contribution is -0.142. The quantitative estimate of drug-likeness (QED) is 0.288. The molecular weight excluding hydrogens is 569 g/mol. The van der Waals surface area contributed by atoms with Gasteiger partial charge >= 0.3 is 6.09 Å². The van der Waals surface area contributed by atoms with E-state index in [0.717, 1.165) is 33.2 Å². The van der Waals surface area contributed by atoms with Crippen LogP contribution in [0.4, 0.5) is 4.79 Å². The largest absolute Gasteiger partial charge is 0.497 e. The van der Waals surface area contributed by atoms with Crippen LogP contribution in [0.2, 0.25) is 0 Å². The van der Waals surface area contributed by atoms with E-state index < -0.39 is 17.7 Å². The highest BCUT2D eigenvalue weighted by Crippen LogP contribution is 2.45. The predicted octanol–water partition coefficient (Wildman–Crippen LogP) is 5.28. The van der Waals surface area contributed by atoms with E-state index in [2.05, 4.69) is 10.3 Å². The molecule has 4 heterocycles. The van der Waals surface area contributed by atoms with Crippen LogP contribution >= 0.6 is 35.3 Å². The molecule has 1 fully saturated rings. The minimum absolute atomic E-state index is 0.195. The van der Waals surface area contributed by atoms with Crippen LogP contribution in [0.1, 0.15) is 31.3 Å². The number of thiazole rings is 1. The smallest absolute Gasteiger partial charge is 0.408 e. The lowest BCUT2D eigenvalue weighted by Crippen LogP contribution is -2.70. The van der Waals surface area contributed by atoms with Crippen LogP contribution in [0.15, 0.2) is 59.9 Å². The number of thiocarbonyl (C=S) groups is 1. The van der Waals surface area contributed by atoms with Gasteiger partial charge in [0.2, 0.25) is 5.05 Å². The third-order valence-corrected chi connectivity index (χ3v) is 8.59. The first-order valence-electron chi connectivity index (χ1n) is 12.5. The zero-order valence-corrected chi connectivity index (χ0v) is 24.8. The number of pyridine rings is 1. The Balaban J connectivity index is 1.42. The van der Waals surface area contributed by atoms with E-state index in [1.807, 2.05) is 41.8 Å². The van der Waals surface area contributed by atoms with E-state index in [1.54, 1.807) is 45.2 Å². The number of nitrogens with one attached hydrogen (secondary N) is 1. The fourth-order valence-electron chi connectivity index (χ4n) is 4.21. The van der Waals surface area contributed by atoms with Gasteiger partial charge in [-0.15, -0.1) is 23.1 Å². The average molecular weight is 597 g/mol. The minimum Gasteiger partial charge on any atom is -0.497 e. The molecule has 0 unspecified atom stereocenters. The van der Waals surface area contributed by atoms with Crippen LogP contribution in [0.25, 0.3) is 16.8 Å². The number of nitrogens with zero attached hydrogens (tertiary/aromatic N) is 3. The molecule has 0 aliphatic carbocycles. The van der Waals surface area contributed by atoms with Crippen molar-refractivity contribution in [3.8, 4) is 17.0 Å². The second-order valence-electron chi connectivity index (χ2n) is 10.1. The number of fused-ring (bicyclic) bond motifs is 1. The number of amides is 2. The maximum Gasteiger partial charge on any atom is 0.408 e. The Hall–Kier alpha value is -3.48. The lowest BCUT2D eigenvalue weighted by Gasteiger charge is -2.50. The van der Waals surface area contributed by atoms with E-state index in [9.17, 15) is 9.59 Å². The monoisotopic (exact) mass is 596 g/mol. The van der Waals surface area contributed by atoms with E-state index in [1.165, 1.54) is 23.1 Å². The van der Waals surface area contributed by atoms with Crippen molar-refractivity contribution in [2.24, 2.45) is 0 Å². The zero-order chi connectivity index (χ0) is 28.4. The molecule has 1 saturated heterocycles. The summed E-state index contributed by atoms with van der Waals surface area (Å²) >= 11 is 8.78. The highest BCUT2D eigenvalue weighted by molar-refractivity contribution is 8.00. The number of methoxy groups -OCH3 is 1. The summed E-state index contributed by atoms with van der Waals surface area (Å²) in [5, 5.41) is 5.29. The van der Waals surface area contributed by atoms with E-state index in [0.29, 0.717) is 11.4 Å². The number of hydrogen-bond acceptors (Lipinski definition) is 10. The van der Waals surface area contributed by atoms with Gasteiger partial charge in [0.1, 0.15) is 40.1 Å². The number of benzene rings is 1. The van der Waals surface area contributed by atoms with Gasteiger partial charge in [-0.1, -0.05) is 12.1 Å². The van der Waals surface area contributed by atoms with Crippen LogP contribution in [0.3, 0.4) is 0 Å². The first-order valence-corrected chi connectivity index (χ1v) is 14.8. The van der Waals surface area contributed by atoms with Crippen molar-refractivity contribution in [2.75, 3.05) is 12.9 Å². The Morgan fingerprint density at radius 3 is 2.58 bits per heavy atom. The molecule has 1 aromatic carbocycles. The molecule has 12 heteroatoms. The van der Waals surface area contributed by atoms with Gasteiger partial charge in [0.25, 0.3) is 5.91 Å². The molecule has 0 spiro atoms. The fraction of sp³-hybridized carbons (Fsp3) is 0.321. The highest BCUT2D eigenvalue weighted by Gasteiger charge is 2.54. The summed E-state index contributed by atoms with van der Waals surface area (Å²) in [6.07, 6.45) is 2.81. The molecular formula is C28H28N4O5S3. The first kappa shape index (κ1) is 28.1. The first-order chi connectivity index (χ1) is 19.1. The fourth-order valence-corrected chi connectivity index (χ4v) is 6.81. The normalized spacial score (nSPS) is 18.5. The lowest BCUT2D eigenvalue weighted by atomic mass is 10.0. The van der Waals surface area contributed by atoms with Gasteiger partial charge in [-0.2, -0.15) is 0 Å². The predicted molar refractivity (Wildman–Crippen MR) is 159 cm³/mol. The number of carbonyl (C=O) groups excluding carboxylic acids is 2. The summed E-state index contributed by atoms with van der Waals surface area (Å²) in [6.45, 7) is 5.55. The molecule has 0 saturated carbocycles. The van der Waals surface area contributed by atoms with Gasteiger partial charge in [-0.25, -0.2) is 9.78 Å². The van der Waals surface area contributed by atoms with Crippen LogP contribution in [0, 0.1) is 0 Å². The summed E-state index contributed by atoms with van der Waals surface area (Å²) in [6, 6.07) is 10.6. The Labute approximate surface area is 245 Å². The number of rotatable bonds is 7. The maximum absolute atomic E-state index is 13.4. The van der Waals surface area contributed by atoms with Crippen molar-refractivity contribution in [3.63, 3.8) is 0 Å². The molecule has 2 amide bonds. The van der Waals surface area contributed by atoms with Crippen LogP contribution in [0.5, 0.6) is 5.75 Å². The molecule has 9 nitrogen and oxygen atoms in total. The van der Waals surface area contributed by atoms with Gasteiger partial charge in [-0.05, 0) is 62.8 Å². The third kappa shape index (κ3) is 5.98. The molecule has 1 N–H and O–H groups in total. The third-order valence-electron chi connectivity index (χ3n) is 6.10. The number of ether oxygens (including phenoxy) is 3. The van der Waals surface area contributed by atoms with Crippen molar-refractivity contribution >= 4 is 57.9 Å². The second kappa shape index (κ2) is 11.6. The average Bonchev–Trinajstić information content (AvgIpc) is 3.44. The van der Waals surface area contributed by atoms with Gasteiger partial charge in [0, 0.05) is 34.7 Å². The van der Waals surface area contributed by atoms with Gasteiger partial charge < -0.3 is 19.5 Å². The summed E-state index contributed by atoms with van der Waals surface area (Å²) in [5.74, 6) is 0.995. The molecule has 0 radical (unpaired) electrons. The molecule has 40 heavy (non-hydrogen) atoms. The Morgan fingerprint density at radius 2 is 1.90 bits per heavy atom. The summed E-state index contributed by atoms with van der Waals surface area (Å²) < 4.78 is 16.7. The zero-order valence-electron chi connectivity index (χ0n) is 22.4. The van der Waals surface area contributed by atoms with Gasteiger partial charge in [0.15, 0.2) is 0 Å². The van der Waals surface area contributed by atoms with Crippen LogP contribution in [-0.2, 0) is 20.9 Å². The van der Waals surface area contributed by atoms with E-state index >= 15 is 0 Å². The molecule has 208 valence electrons. The number of thioether (sulfide) groups is 1. The molecule has 2 aliphatic heterocycles. The summed E-state index contributed by atoms with van der Waals surface area (Å²) in [5.41, 5.74) is 3.31. The van der Waals surface area contributed by atoms with E-state index in [4.69, 9.17) is 31.4 Å². The number of aromatic nitrogens is 2. The van der Waals surface area contributed by atoms with Crippen LogP contribution < -0.4 is 10.1 Å². The summed E-state index contributed by atoms with van der Waals surface area (Å²) in [7, 11) is 1.61. The van der Waals surface area contributed by atoms with Crippen LogP contribution in [-0.4, -0.2) is 61.8 Å². The molecule has 3 aromatic rings. The maximum atomic E-state index is 13.4. The van der Waals surface area contributed by atoms with Crippen molar-refractivity contribution in [1.29, 1.82) is 0 Å². The second-order valence-corrected chi connectivity index (χ2v) is 12.4. The topological polar surface area (TPSA) is 103 Å². The van der Waals surface area contributed by atoms with Crippen molar-refractivity contribution in [2.45, 2.75) is 44.4 Å².